The molecule has 0 spiro atoms. The largest absolute Gasteiger partial charge is 0.497 e. The summed E-state index contributed by atoms with van der Waals surface area (Å²) in [6.07, 6.45) is 2.02. The smallest absolute Gasteiger partial charge is 0.287 e. The van der Waals surface area contributed by atoms with Crippen molar-refractivity contribution in [2.24, 2.45) is 0 Å². The Morgan fingerprint density at radius 2 is 1.72 bits per heavy atom. The molecular formula is C29H26ClIN4O3S. The van der Waals surface area contributed by atoms with Gasteiger partial charge in [0.2, 0.25) is 5.91 Å². The number of nitrogens with zero attached hydrogens (tertiary/aromatic N) is 4. The van der Waals surface area contributed by atoms with Crippen molar-refractivity contribution in [2.45, 2.75) is 16.2 Å². The molecule has 0 atom stereocenters. The summed E-state index contributed by atoms with van der Waals surface area (Å²) in [6.45, 7) is 2.29. The van der Waals surface area contributed by atoms with Crippen LogP contribution in [0, 0.1) is 3.57 Å². The average molecular weight is 673 g/mol. The second kappa shape index (κ2) is 12.4. The van der Waals surface area contributed by atoms with E-state index < -0.39 is 0 Å². The summed E-state index contributed by atoms with van der Waals surface area (Å²) in [7, 11) is 1.63. The van der Waals surface area contributed by atoms with Gasteiger partial charge in [-0.15, -0.1) is 0 Å². The first-order valence-corrected chi connectivity index (χ1v) is 14.7. The van der Waals surface area contributed by atoms with Crippen LogP contribution in [0.4, 0.5) is 5.69 Å². The van der Waals surface area contributed by atoms with E-state index >= 15 is 0 Å². The summed E-state index contributed by atoms with van der Waals surface area (Å²) in [5.74, 6) is 0.800. The predicted molar refractivity (Wildman–Crippen MR) is 164 cm³/mol. The van der Waals surface area contributed by atoms with Crippen molar-refractivity contribution in [3.63, 3.8) is 0 Å². The number of para-hydroxylation sites is 1. The molecule has 0 unspecified atom stereocenters. The van der Waals surface area contributed by atoms with Crippen LogP contribution in [0.3, 0.4) is 0 Å². The van der Waals surface area contributed by atoms with Gasteiger partial charge in [0.15, 0.2) is 0 Å². The Hall–Kier alpha value is -3.02. The number of hydrogen-bond acceptors (Lipinski definition) is 6. The molecule has 1 fully saturated rings. The number of carbonyl (C=O) groups excluding carboxylic acids is 1. The molecule has 5 rings (SSSR count). The second-order valence-electron chi connectivity index (χ2n) is 8.93. The lowest BCUT2D eigenvalue weighted by Crippen LogP contribution is -2.49. The van der Waals surface area contributed by atoms with Gasteiger partial charge in [-0.1, -0.05) is 47.6 Å². The summed E-state index contributed by atoms with van der Waals surface area (Å²) >= 11 is 9.98. The van der Waals surface area contributed by atoms with Gasteiger partial charge < -0.3 is 14.5 Å². The van der Waals surface area contributed by atoms with Gasteiger partial charge in [-0.05, 0) is 76.7 Å². The number of rotatable bonds is 7. The number of aromatic nitrogens is 2. The van der Waals surface area contributed by atoms with Crippen molar-refractivity contribution in [1.82, 2.24) is 14.7 Å². The molecule has 1 saturated heterocycles. The van der Waals surface area contributed by atoms with Gasteiger partial charge in [-0.3, -0.25) is 9.59 Å². The Labute approximate surface area is 249 Å². The highest BCUT2D eigenvalue weighted by atomic mass is 127. The molecule has 1 aliphatic heterocycles. The molecule has 0 bridgehead atoms. The molecule has 7 nitrogen and oxygen atoms in total. The molecular weight excluding hydrogens is 647 g/mol. The minimum Gasteiger partial charge on any atom is -0.497 e. The topological polar surface area (TPSA) is 67.7 Å². The highest BCUT2D eigenvalue weighted by Gasteiger charge is 2.26. The standard InChI is InChI=1S/C29H26ClIN4O3S/c1-38-21-10-12-22(13-11-21)39-28-26(19-32-35(29(28)37)20-6-3-2-4-7-20)33-14-16-34(17-15-33)27(36)18-23-24(30)8-5-9-25(23)31/h2-13,19H,14-18H2,1H3. The maximum atomic E-state index is 13.8. The van der Waals surface area contributed by atoms with Gasteiger partial charge in [0, 0.05) is 39.7 Å². The number of ether oxygens (including phenoxy) is 1. The van der Waals surface area contributed by atoms with Crippen LogP contribution >= 0.6 is 46.0 Å². The second-order valence-corrected chi connectivity index (χ2v) is 11.6. The first kappa shape index (κ1) is 27.5. The van der Waals surface area contributed by atoms with E-state index in [4.69, 9.17) is 16.3 Å². The van der Waals surface area contributed by atoms with E-state index in [1.165, 1.54) is 16.4 Å². The van der Waals surface area contributed by atoms with Crippen LogP contribution in [-0.4, -0.2) is 53.9 Å². The highest BCUT2D eigenvalue weighted by molar-refractivity contribution is 14.1. The van der Waals surface area contributed by atoms with E-state index in [9.17, 15) is 9.59 Å². The van der Waals surface area contributed by atoms with Gasteiger partial charge in [0.1, 0.15) is 10.6 Å². The molecule has 0 N–H and O–H groups in total. The third-order valence-electron chi connectivity index (χ3n) is 6.56. The molecule has 3 aromatic carbocycles. The first-order chi connectivity index (χ1) is 18.9. The summed E-state index contributed by atoms with van der Waals surface area (Å²) in [4.78, 5) is 32.4. The van der Waals surface area contributed by atoms with Crippen molar-refractivity contribution < 1.29 is 9.53 Å². The molecule has 4 aromatic rings. The minimum atomic E-state index is -0.189. The number of hydrogen-bond donors (Lipinski definition) is 0. The van der Waals surface area contributed by atoms with E-state index in [0.717, 1.165) is 25.5 Å². The Balaban J connectivity index is 1.39. The zero-order chi connectivity index (χ0) is 27.4. The van der Waals surface area contributed by atoms with Crippen LogP contribution in [0.2, 0.25) is 5.02 Å². The van der Waals surface area contributed by atoms with Crippen LogP contribution in [0.15, 0.2) is 93.6 Å². The lowest BCUT2D eigenvalue weighted by Gasteiger charge is -2.36. The lowest BCUT2D eigenvalue weighted by atomic mass is 10.1. The Morgan fingerprint density at radius 3 is 2.38 bits per heavy atom. The average Bonchev–Trinajstić information content (AvgIpc) is 2.97. The van der Waals surface area contributed by atoms with Crippen LogP contribution in [0.1, 0.15) is 5.56 Å². The quantitative estimate of drug-likeness (QED) is 0.240. The molecule has 0 aliphatic carbocycles. The number of benzene rings is 3. The molecule has 1 aliphatic rings. The number of piperazine rings is 1. The lowest BCUT2D eigenvalue weighted by molar-refractivity contribution is -0.130. The van der Waals surface area contributed by atoms with Gasteiger partial charge >= 0.3 is 0 Å². The normalized spacial score (nSPS) is 13.4. The Bertz CT molecular complexity index is 1500. The maximum absolute atomic E-state index is 13.8. The summed E-state index contributed by atoms with van der Waals surface area (Å²) in [5, 5.41) is 5.13. The first-order valence-electron chi connectivity index (χ1n) is 12.4. The van der Waals surface area contributed by atoms with Crippen LogP contribution < -0.4 is 15.2 Å². The fraction of sp³-hybridized carbons (Fsp3) is 0.207. The van der Waals surface area contributed by atoms with E-state index in [2.05, 4.69) is 32.6 Å². The van der Waals surface area contributed by atoms with Gasteiger partial charge in [-0.25, -0.2) is 0 Å². The number of halogens is 2. The van der Waals surface area contributed by atoms with Crippen molar-refractivity contribution in [3.8, 4) is 11.4 Å². The van der Waals surface area contributed by atoms with Gasteiger partial charge in [0.05, 0.1) is 31.1 Å². The molecule has 10 heteroatoms. The molecule has 200 valence electrons. The molecule has 1 aromatic heterocycles. The van der Waals surface area contributed by atoms with Crippen molar-refractivity contribution in [1.29, 1.82) is 0 Å². The van der Waals surface area contributed by atoms with Crippen molar-refractivity contribution in [2.75, 3.05) is 38.2 Å². The molecule has 1 amide bonds. The van der Waals surface area contributed by atoms with E-state index in [0.29, 0.717) is 41.8 Å². The van der Waals surface area contributed by atoms with Crippen LogP contribution in [0.25, 0.3) is 5.69 Å². The monoisotopic (exact) mass is 672 g/mol. The molecule has 39 heavy (non-hydrogen) atoms. The SMILES string of the molecule is COc1ccc(Sc2c(N3CCN(C(=O)Cc4c(Cl)cccc4I)CC3)cnn(-c3ccccc3)c2=O)cc1. The summed E-state index contributed by atoms with van der Waals surface area (Å²) in [6, 6.07) is 22.7. The van der Waals surface area contributed by atoms with Crippen LogP contribution in [0.5, 0.6) is 5.75 Å². The number of amides is 1. The Kier molecular flexibility index (Phi) is 8.79. The fourth-order valence-electron chi connectivity index (χ4n) is 4.43. The predicted octanol–water partition coefficient (Wildman–Crippen LogP) is 5.54. The number of anilines is 1. The third kappa shape index (κ3) is 6.26. The maximum Gasteiger partial charge on any atom is 0.287 e. The highest BCUT2D eigenvalue weighted by Crippen LogP contribution is 2.34. The van der Waals surface area contributed by atoms with Crippen LogP contribution in [-0.2, 0) is 11.2 Å². The number of carbonyl (C=O) groups is 1. The number of methoxy groups -OCH3 is 1. The van der Waals surface area contributed by atoms with E-state index in [1.54, 1.807) is 13.3 Å². The summed E-state index contributed by atoms with van der Waals surface area (Å²) < 4.78 is 7.70. The molecule has 0 saturated carbocycles. The zero-order valence-electron chi connectivity index (χ0n) is 21.2. The van der Waals surface area contributed by atoms with Gasteiger partial charge in [-0.2, -0.15) is 9.78 Å². The molecule has 0 radical (unpaired) electrons. The van der Waals surface area contributed by atoms with E-state index in [1.807, 2.05) is 77.7 Å². The minimum absolute atomic E-state index is 0.0473. The molecule has 2 heterocycles. The Morgan fingerprint density at radius 1 is 1.00 bits per heavy atom. The van der Waals surface area contributed by atoms with Crippen molar-refractivity contribution in [3.05, 3.63) is 104 Å². The van der Waals surface area contributed by atoms with Crippen molar-refractivity contribution >= 4 is 57.5 Å². The third-order valence-corrected chi connectivity index (χ3v) is 9.02. The zero-order valence-corrected chi connectivity index (χ0v) is 24.9. The fourth-order valence-corrected chi connectivity index (χ4v) is 6.48. The van der Waals surface area contributed by atoms with Gasteiger partial charge in [0.25, 0.3) is 5.56 Å². The summed E-state index contributed by atoms with van der Waals surface area (Å²) in [5.41, 5.74) is 2.14. The van der Waals surface area contributed by atoms with E-state index in [-0.39, 0.29) is 17.9 Å².